The Labute approximate surface area is 189 Å². The van der Waals surface area contributed by atoms with Gasteiger partial charge in [-0.3, -0.25) is 4.79 Å². The van der Waals surface area contributed by atoms with Gasteiger partial charge < -0.3 is 9.47 Å². The third-order valence-corrected chi connectivity index (χ3v) is 5.64. The van der Waals surface area contributed by atoms with Crippen molar-refractivity contribution in [3.63, 3.8) is 0 Å². The third-order valence-electron chi connectivity index (χ3n) is 4.92. The van der Waals surface area contributed by atoms with Crippen LogP contribution in [-0.2, 0) is 16.1 Å². The van der Waals surface area contributed by atoms with Crippen LogP contribution in [0.25, 0.3) is 6.08 Å². The van der Waals surface area contributed by atoms with E-state index in [1.165, 1.54) is 6.08 Å². The molecule has 0 aromatic heterocycles. The number of halogens is 1. The molecule has 1 atom stereocenters. The number of benzene rings is 3. The second kappa shape index (κ2) is 9.62. The van der Waals surface area contributed by atoms with E-state index in [1.54, 1.807) is 6.08 Å². The second-order valence-corrected chi connectivity index (χ2v) is 7.86. The third kappa shape index (κ3) is 5.03. The standard InChI is InChI=1S/C25H20BrNO4/c26-22-13-12-21(30-16-18-7-3-1-4-8-18)15-20(22)11-14-24(28)27-23(17-31-25(27)29)19-9-5-2-6-10-19/h1-15,23H,16-17H2. The Bertz CT molecular complexity index is 1100. The van der Waals surface area contributed by atoms with Crippen LogP contribution >= 0.6 is 15.9 Å². The molecule has 3 aromatic rings. The van der Waals surface area contributed by atoms with E-state index in [0.717, 1.165) is 26.1 Å². The van der Waals surface area contributed by atoms with E-state index >= 15 is 0 Å². The Morgan fingerprint density at radius 1 is 1.06 bits per heavy atom. The smallest absolute Gasteiger partial charge is 0.417 e. The highest BCUT2D eigenvalue weighted by Gasteiger charge is 2.37. The number of nitrogens with zero attached hydrogens (tertiary/aromatic N) is 1. The molecule has 1 heterocycles. The number of carbonyl (C=O) groups is 2. The summed E-state index contributed by atoms with van der Waals surface area (Å²) in [6, 6.07) is 24.4. The first-order chi connectivity index (χ1) is 15.1. The van der Waals surface area contributed by atoms with Crippen molar-refractivity contribution in [2.45, 2.75) is 12.6 Å². The minimum Gasteiger partial charge on any atom is -0.489 e. The van der Waals surface area contributed by atoms with E-state index in [1.807, 2.05) is 78.9 Å². The molecule has 3 aromatic carbocycles. The van der Waals surface area contributed by atoms with Gasteiger partial charge in [0.1, 0.15) is 25.0 Å². The van der Waals surface area contributed by atoms with E-state index in [4.69, 9.17) is 9.47 Å². The van der Waals surface area contributed by atoms with E-state index in [2.05, 4.69) is 15.9 Å². The summed E-state index contributed by atoms with van der Waals surface area (Å²) in [4.78, 5) is 26.1. The predicted molar refractivity (Wildman–Crippen MR) is 121 cm³/mol. The Morgan fingerprint density at radius 2 is 1.77 bits per heavy atom. The summed E-state index contributed by atoms with van der Waals surface area (Å²) in [6.07, 6.45) is 2.40. The second-order valence-electron chi connectivity index (χ2n) is 7.00. The van der Waals surface area contributed by atoms with Crippen molar-refractivity contribution in [3.8, 4) is 5.75 Å². The van der Waals surface area contributed by atoms with Gasteiger partial charge in [0.25, 0.3) is 5.91 Å². The van der Waals surface area contributed by atoms with E-state index in [9.17, 15) is 9.59 Å². The van der Waals surface area contributed by atoms with Crippen LogP contribution < -0.4 is 4.74 Å². The molecule has 0 aliphatic carbocycles. The van der Waals surface area contributed by atoms with E-state index in [0.29, 0.717) is 12.4 Å². The minimum absolute atomic E-state index is 0.148. The number of rotatable bonds is 6. The van der Waals surface area contributed by atoms with Gasteiger partial charge in [-0.2, -0.15) is 0 Å². The van der Waals surface area contributed by atoms with Crippen molar-refractivity contribution in [2.24, 2.45) is 0 Å². The molecule has 2 amide bonds. The van der Waals surface area contributed by atoms with Crippen LogP contribution in [0.5, 0.6) is 5.75 Å². The van der Waals surface area contributed by atoms with Crippen molar-refractivity contribution >= 4 is 34.0 Å². The molecule has 1 aliphatic heterocycles. The maximum absolute atomic E-state index is 12.8. The molecule has 0 bridgehead atoms. The molecule has 156 valence electrons. The van der Waals surface area contributed by atoms with Gasteiger partial charge in [-0.25, -0.2) is 9.69 Å². The highest BCUT2D eigenvalue weighted by Crippen LogP contribution is 2.29. The first-order valence-electron chi connectivity index (χ1n) is 9.81. The fourth-order valence-electron chi connectivity index (χ4n) is 3.31. The zero-order valence-corrected chi connectivity index (χ0v) is 18.2. The monoisotopic (exact) mass is 477 g/mol. The number of amides is 2. The number of carbonyl (C=O) groups excluding carboxylic acids is 2. The molecular weight excluding hydrogens is 458 g/mol. The average Bonchev–Trinajstić information content (AvgIpc) is 3.20. The molecule has 1 unspecified atom stereocenters. The molecule has 4 rings (SSSR count). The quantitative estimate of drug-likeness (QED) is 0.423. The molecule has 0 spiro atoms. The lowest BCUT2D eigenvalue weighted by Gasteiger charge is -2.18. The fourth-order valence-corrected chi connectivity index (χ4v) is 3.69. The minimum atomic E-state index is -0.637. The van der Waals surface area contributed by atoms with Crippen molar-refractivity contribution in [2.75, 3.05) is 6.61 Å². The Balaban J connectivity index is 1.48. The topological polar surface area (TPSA) is 55.8 Å². The molecule has 1 saturated heterocycles. The van der Waals surface area contributed by atoms with Gasteiger partial charge in [0, 0.05) is 10.5 Å². The lowest BCUT2D eigenvalue weighted by atomic mass is 10.1. The number of hydrogen-bond acceptors (Lipinski definition) is 4. The summed E-state index contributed by atoms with van der Waals surface area (Å²) in [5.74, 6) is 0.251. The SMILES string of the molecule is O=C(C=Cc1cc(OCc2ccccc2)ccc1Br)N1C(=O)OCC1c1ccccc1. The molecule has 0 radical (unpaired) electrons. The van der Waals surface area contributed by atoms with Crippen molar-refractivity contribution in [3.05, 3.63) is 106 Å². The Kier molecular flexibility index (Phi) is 6.48. The fraction of sp³-hybridized carbons (Fsp3) is 0.120. The number of cyclic esters (lactones) is 1. The lowest BCUT2D eigenvalue weighted by molar-refractivity contribution is -0.124. The molecular formula is C25H20BrNO4. The first-order valence-corrected chi connectivity index (χ1v) is 10.6. The number of imide groups is 1. The summed E-state index contributed by atoms with van der Waals surface area (Å²) in [7, 11) is 0. The maximum Gasteiger partial charge on any atom is 0.417 e. The predicted octanol–water partition coefficient (Wildman–Crippen LogP) is 5.76. The van der Waals surface area contributed by atoms with Crippen molar-refractivity contribution in [1.82, 2.24) is 4.90 Å². The van der Waals surface area contributed by atoms with Gasteiger partial charge in [0.15, 0.2) is 0 Å². The molecule has 0 N–H and O–H groups in total. The number of ether oxygens (including phenoxy) is 2. The summed E-state index contributed by atoms with van der Waals surface area (Å²) in [6.45, 7) is 0.595. The summed E-state index contributed by atoms with van der Waals surface area (Å²) < 4.78 is 11.8. The molecule has 1 fully saturated rings. The van der Waals surface area contributed by atoms with Gasteiger partial charge >= 0.3 is 6.09 Å². The van der Waals surface area contributed by atoms with E-state index in [-0.39, 0.29) is 6.61 Å². The summed E-state index contributed by atoms with van der Waals surface area (Å²) in [5.41, 5.74) is 2.69. The molecule has 31 heavy (non-hydrogen) atoms. The lowest BCUT2D eigenvalue weighted by Crippen LogP contribution is -2.32. The highest BCUT2D eigenvalue weighted by molar-refractivity contribution is 9.10. The van der Waals surface area contributed by atoms with Crippen LogP contribution in [0.1, 0.15) is 22.7 Å². The van der Waals surface area contributed by atoms with Crippen molar-refractivity contribution < 1.29 is 19.1 Å². The van der Waals surface area contributed by atoms with Gasteiger partial charge in [0.2, 0.25) is 0 Å². The van der Waals surface area contributed by atoms with Crippen LogP contribution in [0.3, 0.4) is 0 Å². The molecule has 1 aliphatic rings. The zero-order valence-electron chi connectivity index (χ0n) is 16.6. The van der Waals surface area contributed by atoms with Crippen LogP contribution in [0.15, 0.2) is 89.4 Å². The van der Waals surface area contributed by atoms with Crippen LogP contribution in [0.4, 0.5) is 4.79 Å². The normalized spacial score (nSPS) is 15.8. The van der Waals surface area contributed by atoms with Gasteiger partial charge in [-0.15, -0.1) is 0 Å². The van der Waals surface area contributed by atoms with Crippen molar-refractivity contribution in [1.29, 1.82) is 0 Å². The van der Waals surface area contributed by atoms with Gasteiger partial charge in [-0.05, 0) is 41.0 Å². The Hall–Kier alpha value is -3.38. The maximum atomic E-state index is 12.8. The highest BCUT2D eigenvalue weighted by atomic mass is 79.9. The summed E-state index contributed by atoms with van der Waals surface area (Å²) in [5, 5.41) is 0. The molecule has 0 saturated carbocycles. The number of hydrogen-bond donors (Lipinski definition) is 0. The Morgan fingerprint density at radius 3 is 2.52 bits per heavy atom. The van der Waals surface area contributed by atoms with Gasteiger partial charge in [0.05, 0.1) is 0 Å². The summed E-state index contributed by atoms with van der Waals surface area (Å²) >= 11 is 3.50. The van der Waals surface area contributed by atoms with Crippen LogP contribution in [0.2, 0.25) is 0 Å². The first kappa shape index (κ1) is 20.9. The molecule has 5 nitrogen and oxygen atoms in total. The van der Waals surface area contributed by atoms with Crippen LogP contribution in [-0.4, -0.2) is 23.5 Å². The molecule has 6 heteroatoms. The van der Waals surface area contributed by atoms with Gasteiger partial charge in [-0.1, -0.05) is 76.6 Å². The van der Waals surface area contributed by atoms with E-state index < -0.39 is 18.0 Å². The zero-order chi connectivity index (χ0) is 21.6. The van der Waals surface area contributed by atoms with Crippen LogP contribution in [0, 0.1) is 0 Å². The largest absolute Gasteiger partial charge is 0.489 e. The average molecular weight is 478 g/mol.